The first kappa shape index (κ1) is 30.3. The first-order valence-electron chi connectivity index (χ1n) is 18.0. The monoisotopic (exact) mass is 691 g/mol. The van der Waals surface area contributed by atoms with Crippen molar-refractivity contribution in [1.82, 2.24) is 15.0 Å². The van der Waals surface area contributed by atoms with Crippen LogP contribution in [0.5, 0.6) is 0 Å². The molecule has 0 saturated carbocycles. The third-order valence-electron chi connectivity index (χ3n) is 10.4. The highest BCUT2D eigenvalue weighted by Gasteiger charge is 2.20. The van der Waals surface area contributed by atoms with Crippen LogP contribution < -0.4 is 0 Å². The summed E-state index contributed by atoms with van der Waals surface area (Å²) in [5, 5.41) is 5.41. The van der Waals surface area contributed by atoms with E-state index >= 15 is 0 Å². The van der Waals surface area contributed by atoms with Crippen LogP contribution in [0.15, 0.2) is 185 Å². The fraction of sp³-hybridized carbons (Fsp3) is 0. The molecule has 54 heavy (non-hydrogen) atoms. The minimum Gasteiger partial charge on any atom is -0.456 e. The average molecular weight is 692 g/mol. The molecule has 0 spiro atoms. The second-order valence-corrected chi connectivity index (χ2v) is 13.6. The van der Waals surface area contributed by atoms with Gasteiger partial charge in [-0.05, 0) is 59.2 Å². The second kappa shape index (κ2) is 12.1. The molecule has 0 N–H and O–H groups in total. The van der Waals surface area contributed by atoms with Crippen LogP contribution in [-0.4, -0.2) is 15.0 Å². The zero-order valence-electron chi connectivity index (χ0n) is 28.9. The fourth-order valence-electron chi connectivity index (χ4n) is 7.77. The lowest BCUT2D eigenvalue weighted by atomic mass is 9.95. The van der Waals surface area contributed by atoms with Crippen molar-refractivity contribution in [3.05, 3.63) is 176 Å². The normalized spacial score (nSPS) is 11.7. The maximum atomic E-state index is 6.74. The van der Waals surface area contributed by atoms with E-state index in [0.717, 1.165) is 105 Å². The summed E-state index contributed by atoms with van der Waals surface area (Å²) in [4.78, 5) is 15.0. The number of nitrogens with zero attached hydrogens (tertiary/aromatic N) is 3. The number of hydrogen-bond donors (Lipinski definition) is 0. The van der Waals surface area contributed by atoms with Gasteiger partial charge in [-0.1, -0.05) is 127 Å². The predicted molar refractivity (Wildman–Crippen MR) is 219 cm³/mol. The van der Waals surface area contributed by atoms with Crippen LogP contribution in [0.25, 0.3) is 111 Å². The Kier molecular flexibility index (Phi) is 6.79. The highest BCUT2D eigenvalue weighted by molar-refractivity contribution is 6.17. The Morgan fingerprint density at radius 2 is 1.07 bits per heavy atom. The number of hydrogen-bond acceptors (Lipinski definition) is 5. The summed E-state index contributed by atoms with van der Waals surface area (Å²) >= 11 is 0. The highest BCUT2D eigenvalue weighted by Crippen LogP contribution is 2.43. The van der Waals surface area contributed by atoms with E-state index < -0.39 is 0 Å². The van der Waals surface area contributed by atoms with Crippen LogP contribution in [-0.2, 0) is 0 Å². The molecule has 0 aliphatic heterocycles. The highest BCUT2D eigenvalue weighted by atomic mass is 16.3. The Bertz CT molecular complexity index is 3210. The number of aromatic nitrogens is 3. The number of pyridine rings is 1. The van der Waals surface area contributed by atoms with Crippen LogP contribution in [0, 0.1) is 0 Å². The van der Waals surface area contributed by atoms with E-state index in [2.05, 4.69) is 120 Å². The van der Waals surface area contributed by atoms with Gasteiger partial charge in [0.05, 0.1) is 16.9 Å². The lowest BCUT2D eigenvalue weighted by Crippen LogP contribution is -1.96. The molecule has 0 atom stereocenters. The molecule has 0 bridgehead atoms. The third-order valence-corrected chi connectivity index (χ3v) is 10.4. The molecular weight excluding hydrogens is 663 g/mol. The molecule has 0 unspecified atom stereocenters. The zero-order chi connectivity index (χ0) is 35.6. The van der Waals surface area contributed by atoms with Gasteiger partial charge in [0.25, 0.3) is 0 Å². The van der Waals surface area contributed by atoms with Gasteiger partial charge in [-0.25, -0.2) is 9.97 Å². The van der Waals surface area contributed by atoms with Crippen molar-refractivity contribution in [3.63, 3.8) is 0 Å². The fourth-order valence-corrected chi connectivity index (χ4v) is 7.77. The van der Waals surface area contributed by atoms with Gasteiger partial charge in [-0.3, -0.25) is 4.98 Å². The van der Waals surface area contributed by atoms with Gasteiger partial charge in [-0.15, -0.1) is 0 Å². The second-order valence-electron chi connectivity index (χ2n) is 13.6. The van der Waals surface area contributed by atoms with E-state index in [1.54, 1.807) is 0 Å². The summed E-state index contributed by atoms with van der Waals surface area (Å²) in [6.45, 7) is 0. The van der Waals surface area contributed by atoms with Gasteiger partial charge >= 0.3 is 0 Å². The minimum absolute atomic E-state index is 0.637. The van der Waals surface area contributed by atoms with E-state index in [1.165, 1.54) is 0 Å². The third kappa shape index (κ3) is 4.90. The van der Waals surface area contributed by atoms with Crippen molar-refractivity contribution >= 4 is 54.8 Å². The van der Waals surface area contributed by atoms with Gasteiger partial charge in [0, 0.05) is 55.4 Å². The number of para-hydroxylation sites is 3. The summed E-state index contributed by atoms with van der Waals surface area (Å²) in [5.74, 6) is 0.637. The molecule has 0 radical (unpaired) electrons. The van der Waals surface area contributed by atoms with E-state index in [9.17, 15) is 0 Å². The Balaban J connectivity index is 1.09. The maximum absolute atomic E-state index is 6.74. The molecule has 4 heterocycles. The van der Waals surface area contributed by atoms with Crippen LogP contribution in [0.3, 0.4) is 0 Å². The van der Waals surface area contributed by atoms with Crippen molar-refractivity contribution in [2.45, 2.75) is 0 Å². The molecule has 7 aromatic carbocycles. The van der Waals surface area contributed by atoms with Crippen LogP contribution >= 0.6 is 0 Å². The van der Waals surface area contributed by atoms with Crippen molar-refractivity contribution < 1.29 is 8.83 Å². The summed E-state index contributed by atoms with van der Waals surface area (Å²) in [7, 11) is 0. The summed E-state index contributed by atoms with van der Waals surface area (Å²) < 4.78 is 13.0. The molecule has 0 amide bonds. The first-order chi connectivity index (χ1) is 26.7. The molecule has 0 aliphatic carbocycles. The first-order valence-corrected chi connectivity index (χ1v) is 18.0. The SMILES string of the molecule is c1ccc(-c2cc(-c3ccc(-c4ccc5c(c4)oc4ccccc45)c4c3oc3ccccc34)nc(-c3ccc(-c4cccc5cccnc45)cc3)n2)cc1. The molecule has 0 saturated heterocycles. The van der Waals surface area contributed by atoms with E-state index in [4.69, 9.17) is 18.8 Å². The van der Waals surface area contributed by atoms with Crippen molar-refractivity contribution in [2.24, 2.45) is 0 Å². The molecule has 0 fully saturated rings. The van der Waals surface area contributed by atoms with Crippen LogP contribution in [0.1, 0.15) is 0 Å². The number of furan rings is 2. The molecule has 5 nitrogen and oxygen atoms in total. The van der Waals surface area contributed by atoms with E-state index in [-0.39, 0.29) is 0 Å². The van der Waals surface area contributed by atoms with Crippen molar-refractivity contribution in [2.75, 3.05) is 0 Å². The Labute approximate surface area is 309 Å². The number of benzene rings is 7. The van der Waals surface area contributed by atoms with Gasteiger partial charge in [-0.2, -0.15) is 0 Å². The molecule has 11 aromatic rings. The summed E-state index contributed by atoms with van der Waals surface area (Å²) in [6, 6.07) is 58.3. The zero-order valence-corrected chi connectivity index (χ0v) is 28.9. The Morgan fingerprint density at radius 1 is 0.389 bits per heavy atom. The molecule has 252 valence electrons. The molecular formula is C49H29N3O2. The Hall–Kier alpha value is -7.37. The molecule has 0 aliphatic rings. The Morgan fingerprint density at radius 3 is 1.94 bits per heavy atom. The smallest absolute Gasteiger partial charge is 0.160 e. The minimum atomic E-state index is 0.637. The lowest BCUT2D eigenvalue weighted by Gasteiger charge is -2.12. The molecule has 5 heteroatoms. The van der Waals surface area contributed by atoms with Gasteiger partial charge in [0.2, 0.25) is 0 Å². The van der Waals surface area contributed by atoms with Gasteiger partial charge < -0.3 is 8.83 Å². The van der Waals surface area contributed by atoms with Crippen molar-refractivity contribution in [3.8, 4) is 56.2 Å². The standard InChI is InChI=1S/C49H29N3O2/c1-2-10-31(11-3-1)41-29-42(52-49(51-41)33-21-19-30(20-22-33)36-16-8-12-32-13-9-27-50-47(32)36)39-26-25-35(46-40-15-5-7-18-44(40)54-48(39)46)34-23-24-38-37-14-4-6-17-43(37)53-45(38)28-34/h1-29H. The van der Waals surface area contributed by atoms with Gasteiger partial charge in [0.15, 0.2) is 5.82 Å². The molecule has 11 rings (SSSR count). The maximum Gasteiger partial charge on any atom is 0.160 e. The van der Waals surface area contributed by atoms with Crippen molar-refractivity contribution in [1.29, 1.82) is 0 Å². The van der Waals surface area contributed by atoms with Gasteiger partial charge in [0.1, 0.15) is 22.3 Å². The average Bonchev–Trinajstić information content (AvgIpc) is 3.82. The van der Waals surface area contributed by atoms with Crippen LogP contribution in [0.4, 0.5) is 0 Å². The number of fused-ring (bicyclic) bond motifs is 7. The predicted octanol–water partition coefficient (Wildman–Crippen LogP) is 13.2. The van der Waals surface area contributed by atoms with E-state index in [1.807, 2.05) is 60.8 Å². The lowest BCUT2D eigenvalue weighted by molar-refractivity contribution is 0.668. The topological polar surface area (TPSA) is 65.0 Å². The molecule has 4 aromatic heterocycles. The quantitative estimate of drug-likeness (QED) is 0.180. The summed E-state index contributed by atoms with van der Waals surface area (Å²) in [5.41, 5.74) is 13.1. The number of rotatable bonds is 5. The largest absolute Gasteiger partial charge is 0.456 e. The van der Waals surface area contributed by atoms with Crippen LogP contribution in [0.2, 0.25) is 0 Å². The summed E-state index contributed by atoms with van der Waals surface area (Å²) in [6.07, 6.45) is 1.84. The van der Waals surface area contributed by atoms with E-state index in [0.29, 0.717) is 5.82 Å².